The lowest BCUT2D eigenvalue weighted by atomic mass is 9.83. The van der Waals surface area contributed by atoms with Crippen LogP contribution in [-0.4, -0.2) is 37.5 Å². The van der Waals surface area contributed by atoms with Crippen molar-refractivity contribution < 1.29 is 4.79 Å². The Morgan fingerprint density at radius 1 is 1.30 bits per heavy atom. The van der Waals surface area contributed by atoms with Gasteiger partial charge in [-0.05, 0) is 52.3 Å². The molecular weight excluding hydrogens is 248 g/mol. The Hall–Kier alpha value is -1.35. The minimum atomic E-state index is -0.484. The van der Waals surface area contributed by atoms with E-state index < -0.39 is 5.41 Å². The average molecular weight is 274 g/mol. The molecule has 1 aromatic rings. The Bertz CT molecular complexity index is 447. The standard InChI is InChI=1S/C17H26N2O/c1-17(2,14-8-6-5-7-9-14)16(20)18-12-15(19(3)4)13-10-11-13/h5-9,13,15H,10-12H2,1-4H3,(H,18,20)/t15-/m0/s1. The average Bonchev–Trinajstić information content (AvgIpc) is 3.24. The van der Waals surface area contributed by atoms with Gasteiger partial charge in [-0.15, -0.1) is 0 Å². The first-order chi connectivity index (χ1) is 9.43. The quantitative estimate of drug-likeness (QED) is 0.864. The molecule has 2 rings (SSSR count). The molecule has 110 valence electrons. The van der Waals surface area contributed by atoms with E-state index in [1.54, 1.807) is 0 Å². The Morgan fingerprint density at radius 3 is 2.40 bits per heavy atom. The second-order valence-corrected chi connectivity index (χ2v) is 6.57. The van der Waals surface area contributed by atoms with E-state index >= 15 is 0 Å². The molecule has 0 aliphatic heterocycles. The van der Waals surface area contributed by atoms with E-state index in [0.717, 1.165) is 18.0 Å². The lowest BCUT2D eigenvalue weighted by Crippen LogP contribution is -2.47. The van der Waals surface area contributed by atoms with Crippen molar-refractivity contribution in [3.05, 3.63) is 35.9 Å². The number of carbonyl (C=O) groups is 1. The van der Waals surface area contributed by atoms with E-state index in [4.69, 9.17) is 0 Å². The lowest BCUT2D eigenvalue weighted by molar-refractivity contribution is -0.125. The number of benzene rings is 1. The maximum absolute atomic E-state index is 12.5. The molecule has 0 aromatic heterocycles. The highest BCUT2D eigenvalue weighted by Gasteiger charge is 2.35. The molecule has 1 saturated carbocycles. The molecule has 20 heavy (non-hydrogen) atoms. The molecule has 0 radical (unpaired) electrons. The van der Waals surface area contributed by atoms with Gasteiger partial charge in [0.25, 0.3) is 0 Å². The molecular formula is C17H26N2O. The number of nitrogens with zero attached hydrogens (tertiary/aromatic N) is 1. The Balaban J connectivity index is 1.97. The molecule has 0 heterocycles. The molecule has 3 nitrogen and oxygen atoms in total. The minimum Gasteiger partial charge on any atom is -0.354 e. The van der Waals surface area contributed by atoms with E-state index in [-0.39, 0.29) is 5.91 Å². The predicted octanol–water partition coefficient (Wildman–Crippen LogP) is 2.42. The molecule has 3 heteroatoms. The monoisotopic (exact) mass is 274 g/mol. The summed E-state index contributed by atoms with van der Waals surface area (Å²) in [5.41, 5.74) is 0.576. The van der Waals surface area contributed by atoms with Crippen molar-refractivity contribution in [1.29, 1.82) is 0 Å². The summed E-state index contributed by atoms with van der Waals surface area (Å²) in [5, 5.41) is 3.14. The summed E-state index contributed by atoms with van der Waals surface area (Å²) in [4.78, 5) is 14.7. The van der Waals surface area contributed by atoms with Crippen LogP contribution < -0.4 is 5.32 Å². The van der Waals surface area contributed by atoms with E-state index in [0.29, 0.717) is 6.04 Å². The molecule has 0 spiro atoms. The van der Waals surface area contributed by atoms with Crippen LogP contribution in [0.5, 0.6) is 0 Å². The van der Waals surface area contributed by atoms with Gasteiger partial charge in [-0.3, -0.25) is 4.79 Å². The number of hydrogen-bond donors (Lipinski definition) is 1. The zero-order valence-electron chi connectivity index (χ0n) is 13.0. The Morgan fingerprint density at radius 2 is 1.90 bits per heavy atom. The van der Waals surface area contributed by atoms with Crippen LogP contribution in [0.15, 0.2) is 30.3 Å². The third kappa shape index (κ3) is 3.40. The zero-order valence-corrected chi connectivity index (χ0v) is 13.0. The highest BCUT2D eigenvalue weighted by atomic mass is 16.2. The number of hydrogen-bond acceptors (Lipinski definition) is 2. The predicted molar refractivity (Wildman–Crippen MR) is 82.7 cm³/mol. The minimum absolute atomic E-state index is 0.108. The summed E-state index contributed by atoms with van der Waals surface area (Å²) in [7, 11) is 4.19. The van der Waals surface area contributed by atoms with Crippen molar-refractivity contribution in [2.75, 3.05) is 20.6 Å². The first kappa shape index (κ1) is 15.0. The van der Waals surface area contributed by atoms with Crippen molar-refractivity contribution in [1.82, 2.24) is 10.2 Å². The van der Waals surface area contributed by atoms with Crippen LogP contribution in [0.2, 0.25) is 0 Å². The topological polar surface area (TPSA) is 32.3 Å². The summed E-state index contributed by atoms with van der Waals surface area (Å²) >= 11 is 0. The van der Waals surface area contributed by atoms with E-state index in [2.05, 4.69) is 24.3 Å². The van der Waals surface area contributed by atoms with E-state index in [9.17, 15) is 4.79 Å². The third-order valence-corrected chi connectivity index (χ3v) is 4.36. The van der Waals surface area contributed by atoms with Gasteiger partial charge in [0.05, 0.1) is 5.41 Å². The van der Waals surface area contributed by atoms with Crippen molar-refractivity contribution in [2.45, 2.75) is 38.1 Å². The van der Waals surface area contributed by atoms with Gasteiger partial charge in [0.2, 0.25) is 5.91 Å². The third-order valence-electron chi connectivity index (χ3n) is 4.36. The fourth-order valence-corrected chi connectivity index (χ4v) is 2.66. The van der Waals surface area contributed by atoms with Crippen LogP contribution in [-0.2, 0) is 10.2 Å². The summed E-state index contributed by atoms with van der Waals surface area (Å²) < 4.78 is 0. The van der Waals surface area contributed by atoms with Crippen molar-refractivity contribution in [3.8, 4) is 0 Å². The smallest absolute Gasteiger partial charge is 0.230 e. The fourth-order valence-electron chi connectivity index (χ4n) is 2.66. The molecule has 1 aliphatic carbocycles. The van der Waals surface area contributed by atoms with Gasteiger partial charge in [0.15, 0.2) is 0 Å². The van der Waals surface area contributed by atoms with Crippen molar-refractivity contribution >= 4 is 5.91 Å². The summed E-state index contributed by atoms with van der Waals surface area (Å²) in [6.45, 7) is 4.71. The van der Waals surface area contributed by atoms with Crippen molar-refractivity contribution in [2.24, 2.45) is 5.92 Å². The van der Waals surface area contributed by atoms with Crippen LogP contribution in [0.1, 0.15) is 32.3 Å². The zero-order chi connectivity index (χ0) is 14.8. The number of likely N-dealkylation sites (N-methyl/N-ethyl adjacent to an activating group) is 1. The molecule has 1 aromatic carbocycles. The van der Waals surface area contributed by atoms with Crippen LogP contribution in [0, 0.1) is 5.92 Å². The molecule has 0 bridgehead atoms. The highest BCUT2D eigenvalue weighted by Crippen LogP contribution is 2.34. The molecule has 0 unspecified atom stereocenters. The molecule has 1 atom stereocenters. The Labute approximate surface area is 122 Å². The van der Waals surface area contributed by atoms with Gasteiger partial charge in [-0.1, -0.05) is 30.3 Å². The van der Waals surface area contributed by atoms with Gasteiger partial charge in [-0.25, -0.2) is 0 Å². The molecule has 1 aliphatic rings. The first-order valence-electron chi connectivity index (χ1n) is 7.43. The van der Waals surface area contributed by atoms with Gasteiger partial charge in [0.1, 0.15) is 0 Å². The molecule has 1 fully saturated rings. The first-order valence-corrected chi connectivity index (χ1v) is 7.43. The number of carbonyl (C=O) groups excluding carboxylic acids is 1. The largest absolute Gasteiger partial charge is 0.354 e. The second kappa shape index (κ2) is 5.96. The fraction of sp³-hybridized carbons (Fsp3) is 0.588. The van der Waals surface area contributed by atoms with Crippen molar-refractivity contribution in [3.63, 3.8) is 0 Å². The second-order valence-electron chi connectivity index (χ2n) is 6.57. The van der Waals surface area contributed by atoms with E-state index in [1.165, 1.54) is 12.8 Å². The maximum atomic E-state index is 12.5. The van der Waals surface area contributed by atoms with Crippen LogP contribution in [0.25, 0.3) is 0 Å². The normalized spacial score (nSPS) is 17.1. The van der Waals surface area contributed by atoms with Crippen LogP contribution >= 0.6 is 0 Å². The van der Waals surface area contributed by atoms with Crippen LogP contribution in [0.3, 0.4) is 0 Å². The summed E-state index contributed by atoms with van der Waals surface area (Å²) in [6.07, 6.45) is 2.58. The van der Waals surface area contributed by atoms with Gasteiger partial charge in [-0.2, -0.15) is 0 Å². The molecule has 1 N–H and O–H groups in total. The molecule has 0 saturated heterocycles. The van der Waals surface area contributed by atoms with Gasteiger partial charge >= 0.3 is 0 Å². The number of amides is 1. The number of rotatable bonds is 6. The molecule has 1 amide bonds. The SMILES string of the molecule is CN(C)[C@@H](CNC(=O)C(C)(C)c1ccccc1)C1CC1. The number of nitrogens with one attached hydrogen (secondary N) is 1. The van der Waals surface area contributed by atoms with Gasteiger partial charge in [0, 0.05) is 12.6 Å². The van der Waals surface area contributed by atoms with E-state index in [1.807, 2.05) is 44.2 Å². The highest BCUT2D eigenvalue weighted by molar-refractivity contribution is 5.87. The lowest BCUT2D eigenvalue weighted by Gasteiger charge is -2.28. The van der Waals surface area contributed by atoms with Crippen LogP contribution in [0.4, 0.5) is 0 Å². The summed E-state index contributed by atoms with van der Waals surface area (Å²) in [5.74, 6) is 0.862. The summed E-state index contributed by atoms with van der Waals surface area (Å²) in [6, 6.07) is 10.4. The maximum Gasteiger partial charge on any atom is 0.230 e. The van der Waals surface area contributed by atoms with Gasteiger partial charge < -0.3 is 10.2 Å². The Kier molecular flexibility index (Phi) is 4.48.